The largest absolute Gasteiger partial charge is 0.457 e. The zero-order chi connectivity index (χ0) is 49.5. The number of likely N-dealkylation sites (N-methyl/N-ethyl adjacent to an activating group) is 1. The van der Waals surface area contributed by atoms with E-state index >= 15 is 4.79 Å². The Morgan fingerprint density at radius 2 is 1.59 bits per heavy atom. The maximum Gasteiger partial charge on any atom is 0.226 e. The molecule has 8 rings (SSSR count). The number of hydrogen-bond acceptors (Lipinski definition) is 9. The molecule has 0 radical (unpaired) electrons. The summed E-state index contributed by atoms with van der Waals surface area (Å²) in [6.45, 7) is 5.20. The average Bonchev–Trinajstić information content (AvgIpc) is 3.98. The van der Waals surface area contributed by atoms with E-state index in [1.165, 1.54) is 12.0 Å². The number of amides is 3. The zero-order valence-electron chi connectivity index (χ0n) is 41.3. The van der Waals surface area contributed by atoms with E-state index in [0.29, 0.717) is 65.4 Å². The van der Waals surface area contributed by atoms with Crippen LogP contribution in [0, 0.1) is 11.8 Å². The van der Waals surface area contributed by atoms with Crippen molar-refractivity contribution < 1.29 is 28.7 Å². The summed E-state index contributed by atoms with van der Waals surface area (Å²) in [5, 5.41) is 4.38. The highest BCUT2D eigenvalue weighted by Gasteiger charge is 2.43. The number of piperidine rings is 1. The molecule has 0 unspecified atom stereocenters. The second-order valence-corrected chi connectivity index (χ2v) is 20.6. The number of ketones is 1. The number of fused-ring (bicyclic) bond motifs is 2. The molecule has 1 aromatic heterocycles. The Morgan fingerprint density at radius 1 is 0.859 bits per heavy atom. The minimum absolute atomic E-state index is 0. The molecule has 3 amide bonds. The summed E-state index contributed by atoms with van der Waals surface area (Å²) in [5.74, 6) is -0.843. The Morgan fingerprint density at radius 3 is 2.30 bits per heavy atom. The van der Waals surface area contributed by atoms with Gasteiger partial charge in [0.1, 0.15) is 17.3 Å². The number of ether oxygens (including phenoxy) is 2. The minimum Gasteiger partial charge on any atom is -0.457 e. The normalized spacial score (nSPS) is 22.6. The van der Waals surface area contributed by atoms with Gasteiger partial charge >= 0.3 is 0 Å². The standard InChI is InChI=1S/C55H65Cl2N7O6.ClH/c1-37-49(65)27-43(35-69-5)53(67)59-55(30-39-12-17-44(56)18-13-39)23-9-24-63(36-55)54(68)42(26-38-10-7-6-8-11-38)28-52(66)64(37)32-41-14-19-45(57)29-50(41)70-47-20-15-40(16-21-47)48-31-58-51(61(48)4)34-62-25-22-46(33-62)60(2)3;/h6-8,10-21,29,31,37,42-43,46H,9,22-28,30,32-36H2,1-5H3,(H,59,67);1H/t37-,42+,43-,46-,55+;/m0./s1. The number of likely N-dealkylation sites (tertiary alicyclic amines) is 1. The maximum atomic E-state index is 15.1. The van der Waals surface area contributed by atoms with Crippen LogP contribution in [0.5, 0.6) is 11.5 Å². The van der Waals surface area contributed by atoms with Crippen molar-refractivity contribution in [3.63, 3.8) is 0 Å². The number of imidazole rings is 1. The molecular weight excluding hydrogens is 961 g/mol. The van der Waals surface area contributed by atoms with Crippen LogP contribution in [0.3, 0.4) is 0 Å². The van der Waals surface area contributed by atoms with Gasteiger partial charge < -0.3 is 34.1 Å². The lowest BCUT2D eigenvalue weighted by atomic mass is 9.81. The van der Waals surface area contributed by atoms with Gasteiger partial charge in [0.05, 0.1) is 55.0 Å². The molecule has 1 N–H and O–H groups in total. The number of rotatable bonds is 14. The number of carbonyl (C=O) groups is 4. The van der Waals surface area contributed by atoms with Crippen LogP contribution in [0.15, 0.2) is 103 Å². The third-order valence-electron chi connectivity index (χ3n) is 14.4. The number of nitrogens with zero attached hydrogens (tertiary/aromatic N) is 6. The first-order chi connectivity index (χ1) is 33.7. The van der Waals surface area contributed by atoms with E-state index in [1.807, 2.05) is 97.0 Å². The van der Waals surface area contributed by atoms with Crippen LogP contribution in [0.25, 0.3) is 11.3 Å². The average molecular weight is 1030 g/mol. The van der Waals surface area contributed by atoms with Gasteiger partial charge in [0, 0.05) is 80.4 Å². The molecular formula is C55H66Cl3N7O6. The van der Waals surface area contributed by atoms with Crippen LogP contribution in [0.4, 0.5) is 0 Å². The van der Waals surface area contributed by atoms with E-state index in [4.69, 9.17) is 37.7 Å². The van der Waals surface area contributed by atoms with E-state index in [9.17, 15) is 14.4 Å². The fraction of sp³-hybridized carbons (Fsp3) is 0.436. The lowest BCUT2D eigenvalue weighted by molar-refractivity contribution is -0.147. The van der Waals surface area contributed by atoms with Crippen molar-refractivity contribution in [2.45, 2.75) is 82.6 Å². The molecule has 0 spiro atoms. The summed E-state index contributed by atoms with van der Waals surface area (Å²) < 4.78 is 14.2. The smallest absolute Gasteiger partial charge is 0.226 e. The third-order valence-corrected chi connectivity index (χ3v) is 14.9. The Hall–Kier alpha value is -5.28. The monoisotopic (exact) mass is 1030 g/mol. The SMILES string of the molecule is COC[C@@H]1CC(=O)[C@H](C)N(Cc2ccc(Cl)cc2Oc2ccc(-c3cnc(CN4CC[C@H](N(C)C)C4)n3C)cc2)C(=O)C[C@@H](Cc2ccccc2)C(=O)N2CCC[C@@](Cc3ccc(Cl)cc3)(C2)NC1=O.Cl. The first-order valence-corrected chi connectivity index (χ1v) is 25.1. The maximum absolute atomic E-state index is 15.1. The van der Waals surface area contributed by atoms with Crippen molar-refractivity contribution in [1.29, 1.82) is 0 Å². The highest BCUT2D eigenvalue weighted by atomic mass is 35.5. The summed E-state index contributed by atoms with van der Waals surface area (Å²) in [5.41, 5.74) is 3.60. The van der Waals surface area contributed by atoms with Crippen molar-refractivity contribution in [3.05, 3.63) is 136 Å². The number of nitrogens with one attached hydrogen (secondary N) is 1. The van der Waals surface area contributed by atoms with E-state index in [2.05, 4.69) is 33.8 Å². The number of aromatic nitrogens is 2. The zero-order valence-corrected chi connectivity index (χ0v) is 43.6. The molecule has 71 heavy (non-hydrogen) atoms. The molecule has 5 aromatic rings. The Bertz CT molecular complexity index is 2630. The predicted molar refractivity (Wildman–Crippen MR) is 280 cm³/mol. The van der Waals surface area contributed by atoms with Crippen LogP contribution in [0.1, 0.15) is 61.5 Å². The number of halogens is 3. The van der Waals surface area contributed by atoms with Crippen molar-refractivity contribution >= 4 is 59.1 Å². The van der Waals surface area contributed by atoms with Crippen molar-refractivity contribution in [3.8, 4) is 22.8 Å². The Labute approximate surface area is 434 Å². The minimum atomic E-state index is -0.982. The molecule has 3 fully saturated rings. The first-order valence-electron chi connectivity index (χ1n) is 24.3. The van der Waals surface area contributed by atoms with Gasteiger partial charge in [-0.1, -0.05) is 71.7 Å². The fourth-order valence-corrected chi connectivity index (χ4v) is 10.6. The van der Waals surface area contributed by atoms with Crippen LogP contribution in [-0.4, -0.2) is 124 Å². The third kappa shape index (κ3) is 13.2. The second-order valence-electron chi connectivity index (χ2n) is 19.7. The van der Waals surface area contributed by atoms with Crippen LogP contribution >= 0.6 is 35.6 Å². The van der Waals surface area contributed by atoms with Crippen LogP contribution < -0.4 is 10.1 Å². The summed E-state index contributed by atoms with van der Waals surface area (Å²) in [6.07, 6.45) is 4.74. The van der Waals surface area contributed by atoms with E-state index in [0.717, 1.165) is 54.3 Å². The van der Waals surface area contributed by atoms with Gasteiger partial charge in [-0.05, 0) is 113 Å². The van der Waals surface area contributed by atoms with Crippen LogP contribution in [-0.2, 0) is 56.9 Å². The first kappa shape index (κ1) is 53.5. The molecule has 0 saturated carbocycles. The van der Waals surface area contributed by atoms with Gasteiger partial charge in [0.15, 0.2) is 5.78 Å². The summed E-state index contributed by atoms with van der Waals surface area (Å²) in [4.78, 5) is 71.9. The predicted octanol–water partition coefficient (Wildman–Crippen LogP) is 8.67. The molecule has 13 nitrogen and oxygen atoms in total. The molecule has 2 bridgehead atoms. The molecule has 3 aliphatic heterocycles. The molecule has 16 heteroatoms. The molecule has 0 aliphatic carbocycles. The summed E-state index contributed by atoms with van der Waals surface area (Å²) >= 11 is 12.9. The topological polar surface area (TPSA) is 130 Å². The van der Waals surface area contributed by atoms with Gasteiger partial charge in [-0.3, -0.25) is 24.1 Å². The van der Waals surface area contributed by atoms with E-state index in [1.54, 1.807) is 25.1 Å². The van der Waals surface area contributed by atoms with Gasteiger partial charge in [-0.25, -0.2) is 4.98 Å². The fourth-order valence-electron chi connectivity index (χ4n) is 10.4. The second kappa shape index (κ2) is 24.0. The van der Waals surface area contributed by atoms with Crippen molar-refractivity contribution in [1.82, 2.24) is 34.5 Å². The molecule has 4 aromatic carbocycles. The van der Waals surface area contributed by atoms with Gasteiger partial charge in [0.2, 0.25) is 17.7 Å². The van der Waals surface area contributed by atoms with Gasteiger partial charge in [-0.15, -0.1) is 12.4 Å². The Balaban J connectivity index is 0.00000741. The van der Waals surface area contributed by atoms with E-state index in [-0.39, 0.29) is 68.4 Å². The summed E-state index contributed by atoms with van der Waals surface area (Å²) in [7, 11) is 7.81. The number of Topliss-reactive ketones (excluding diaryl/α,β-unsaturated/α-hetero) is 1. The van der Waals surface area contributed by atoms with Crippen molar-refractivity contribution in [2.24, 2.45) is 18.9 Å². The Kier molecular flexibility index (Phi) is 18.1. The lowest BCUT2D eigenvalue weighted by Gasteiger charge is -2.45. The number of methoxy groups -OCH3 is 1. The van der Waals surface area contributed by atoms with E-state index < -0.39 is 23.4 Å². The lowest BCUT2D eigenvalue weighted by Crippen LogP contribution is -2.63. The number of carbonyl (C=O) groups excluding carboxylic acids is 4. The molecule has 4 heterocycles. The molecule has 3 saturated heterocycles. The van der Waals surface area contributed by atoms with Crippen molar-refractivity contribution in [2.75, 3.05) is 54.0 Å². The summed E-state index contributed by atoms with van der Waals surface area (Å²) in [6, 6.07) is 29.7. The highest BCUT2D eigenvalue weighted by Crippen LogP contribution is 2.34. The van der Waals surface area contributed by atoms with Gasteiger partial charge in [0.25, 0.3) is 0 Å². The number of benzene rings is 4. The van der Waals surface area contributed by atoms with Crippen LogP contribution in [0.2, 0.25) is 10.0 Å². The quantitative estimate of drug-likeness (QED) is 0.116. The molecule has 3 aliphatic rings. The molecule has 378 valence electrons. The molecule has 5 atom stereocenters. The highest BCUT2D eigenvalue weighted by molar-refractivity contribution is 6.31. The van der Waals surface area contributed by atoms with Gasteiger partial charge in [-0.2, -0.15) is 0 Å². The number of hydrogen-bond donors (Lipinski definition) is 1.